The monoisotopic (exact) mass is 299 g/mol. The van der Waals surface area contributed by atoms with Gasteiger partial charge in [-0.25, -0.2) is 8.78 Å². The number of hydrogen-bond acceptors (Lipinski definition) is 2. The summed E-state index contributed by atoms with van der Waals surface area (Å²) in [6.45, 7) is 0. The molecule has 1 atom stereocenters. The van der Waals surface area contributed by atoms with Crippen LogP contribution in [-0.4, -0.2) is 5.75 Å². The highest BCUT2D eigenvalue weighted by Crippen LogP contribution is 2.27. The first-order valence-electron chi connectivity index (χ1n) is 5.66. The Labute approximate surface area is 119 Å². The highest BCUT2D eigenvalue weighted by Gasteiger charge is 2.16. The number of hydrogen-bond donors (Lipinski definition) is 1. The largest absolute Gasteiger partial charge is 0.323 e. The van der Waals surface area contributed by atoms with Gasteiger partial charge in [-0.15, -0.1) is 11.8 Å². The fourth-order valence-corrected chi connectivity index (χ4v) is 2.87. The van der Waals surface area contributed by atoms with Crippen molar-refractivity contribution < 1.29 is 8.78 Å². The molecule has 0 aliphatic carbocycles. The van der Waals surface area contributed by atoms with Crippen molar-refractivity contribution >= 4 is 23.4 Å². The van der Waals surface area contributed by atoms with Crippen LogP contribution in [0.2, 0.25) is 5.02 Å². The van der Waals surface area contributed by atoms with E-state index in [1.807, 2.05) is 12.1 Å². The Balaban J connectivity index is 2.07. The minimum absolute atomic E-state index is 0.0722. The van der Waals surface area contributed by atoms with E-state index in [2.05, 4.69) is 0 Å². The molecule has 2 aromatic rings. The van der Waals surface area contributed by atoms with Crippen LogP contribution in [0.15, 0.2) is 47.4 Å². The summed E-state index contributed by atoms with van der Waals surface area (Å²) in [6.07, 6.45) is 0. The average molecular weight is 300 g/mol. The van der Waals surface area contributed by atoms with Crippen molar-refractivity contribution in [2.75, 3.05) is 5.75 Å². The van der Waals surface area contributed by atoms with E-state index in [0.29, 0.717) is 10.8 Å². The Bertz CT molecular complexity index is 557. The van der Waals surface area contributed by atoms with Crippen LogP contribution >= 0.6 is 23.4 Å². The zero-order valence-electron chi connectivity index (χ0n) is 9.95. The minimum atomic E-state index is -0.704. The molecule has 2 rings (SSSR count). The molecule has 1 nitrogen and oxygen atoms in total. The standard InChI is InChI=1S/C14H12ClF2NS/c15-9-3-1-4-10(7-9)19-8-13(18)14-11(16)5-2-6-12(14)17/h1-7,13H,8,18H2. The van der Waals surface area contributed by atoms with Crippen LogP contribution in [-0.2, 0) is 0 Å². The van der Waals surface area contributed by atoms with Gasteiger partial charge in [-0.3, -0.25) is 0 Å². The first-order valence-corrected chi connectivity index (χ1v) is 7.02. The van der Waals surface area contributed by atoms with Gasteiger partial charge < -0.3 is 5.73 Å². The molecule has 100 valence electrons. The van der Waals surface area contributed by atoms with E-state index in [0.717, 1.165) is 4.90 Å². The molecular formula is C14H12ClF2NS. The summed E-state index contributed by atoms with van der Waals surface area (Å²) >= 11 is 7.28. The fourth-order valence-electron chi connectivity index (χ4n) is 1.69. The lowest BCUT2D eigenvalue weighted by atomic mass is 10.1. The van der Waals surface area contributed by atoms with Gasteiger partial charge in [0.05, 0.1) is 0 Å². The summed E-state index contributed by atoms with van der Waals surface area (Å²) in [7, 11) is 0. The second-order valence-electron chi connectivity index (χ2n) is 4.01. The summed E-state index contributed by atoms with van der Waals surface area (Å²) in [5, 5.41) is 0.621. The van der Waals surface area contributed by atoms with Crippen LogP contribution in [0.5, 0.6) is 0 Å². The van der Waals surface area contributed by atoms with E-state index in [1.54, 1.807) is 12.1 Å². The Morgan fingerprint density at radius 1 is 1.11 bits per heavy atom. The molecule has 0 bridgehead atoms. The third kappa shape index (κ3) is 3.69. The van der Waals surface area contributed by atoms with Gasteiger partial charge in [0.2, 0.25) is 0 Å². The summed E-state index contributed by atoms with van der Waals surface area (Å²) in [6, 6.07) is 10.3. The quantitative estimate of drug-likeness (QED) is 0.846. The highest BCUT2D eigenvalue weighted by atomic mass is 35.5. The van der Waals surface area contributed by atoms with Crippen LogP contribution in [0.25, 0.3) is 0 Å². The van der Waals surface area contributed by atoms with Gasteiger partial charge >= 0.3 is 0 Å². The molecule has 0 aliphatic rings. The zero-order chi connectivity index (χ0) is 13.8. The number of nitrogens with two attached hydrogens (primary N) is 1. The molecule has 1 unspecified atom stereocenters. The van der Waals surface area contributed by atoms with E-state index in [1.165, 1.54) is 30.0 Å². The summed E-state index contributed by atoms with van der Waals surface area (Å²) < 4.78 is 27.1. The summed E-state index contributed by atoms with van der Waals surface area (Å²) in [5.74, 6) is -0.851. The van der Waals surface area contributed by atoms with Crippen molar-refractivity contribution in [2.45, 2.75) is 10.9 Å². The first kappa shape index (κ1) is 14.3. The van der Waals surface area contributed by atoms with Crippen molar-refractivity contribution in [1.82, 2.24) is 0 Å². The second-order valence-corrected chi connectivity index (χ2v) is 5.54. The third-order valence-corrected chi connectivity index (χ3v) is 3.94. The van der Waals surface area contributed by atoms with Crippen molar-refractivity contribution in [2.24, 2.45) is 5.73 Å². The third-order valence-electron chi connectivity index (χ3n) is 2.60. The van der Waals surface area contributed by atoms with E-state index >= 15 is 0 Å². The molecule has 2 aromatic carbocycles. The number of thioether (sulfide) groups is 1. The average Bonchev–Trinajstić information content (AvgIpc) is 2.36. The van der Waals surface area contributed by atoms with E-state index in [-0.39, 0.29) is 5.56 Å². The van der Waals surface area contributed by atoms with Crippen LogP contribution in [0, 0.1) is 11.6 Å². The van der Waals surface area contributed by atoms with Crippen LogP contribution in [0.3, 0.4) is 0 Å². The Morgan fingerprint density at radius 2 is 1.74 bits per heavy atom. The maximum Gasteiger partial charge on any atom is 0.130 e. The van der Waals surface area contributed by atoms with Crippen molar-refractivity contribution in [1.29, 1.82) is 0 Å². The summed E-state index contributed by atoms with van der Waals surface area (Å²) in [4.78, 5) is 0.916. The van der Waals surface area contributed by atoms with E-state index in [4.69, 9.17) is 17.3 Å². The topological polar surface area (TPSA) is 26.0 Å². The van der Waals surface area contributed by atoms with Gasteiger partial charge in [0.25, 0.3) is 0 Å². The molecule has 0 aromatic heterocycles. The molecule has 19 heavy (non-hydrogen) atoms. The molecular weight excluding hydrogens is 288 g/mol. The van der Waals surface area contributed by atoms with Gasteiger partial charge in [0.15, 0.2) is 0 Å². The molecule has 5 heteroatoms. The number of rotatable bonds is 4. The van der Waals surface area contributed by atoms with Gasteiger partial charge in [0, 0.05) is 27.3 Å². The Kier molecular flexibility index (Phi) is 4.80. The predicted octanol–water partition coefficient (Wildman–Crippen LogP) is 4.41. The number of benzene rings is 2. The molecule has 0 saturated heterocycles. The lowest BCUT2D eigenvalue weighted by Crippen LogP contribution is -2.16. The van der Waals surface area contributed by atoms with Crippen molar-refractivity contribution in [3.63, 3.8) is 0 Å². The predicted molar refractivity (Wildman–Crippen MR) is 75.5 cm³/mol. The second kappa shape index (κ2) is 6.37. The lowest BCUT2D eigenvalue weighted by Gasteiger charge is -2.13. The smallest absolute Gasteiger partial charge is 0.130 e. The molecule has 0 fully saturated rings. The zero-order valence-corrected chi connectivity index (χ0v) is 11.5. The Morgan fingerprint density at radius 3 is 2.37 bits per heavy atom. The van der Waals surface area contributed by atoms with Crippen LogP contribution in [0.1, 0.15) is 11.6 Å². The normalized spacial score (nSPS) is 12.4. The molecule has 0 heterocycles. The minimum Gasteiger partial charge on any atom is -0.323 e. The fraction of sp³-hybridized carbons (Fsp3) is 0.143. The highest BCUT2D eigenvalue weighted by molar-refractivity contribution is 7.99. The molecule has 2 N–H and O–H groups in total. The molecule has 0 radical (unpaired) electrons. The maximum absolute atomic E-state index is 13.5. The van der Waals surface area contributed by atoms with E-state index in [9.17, 15) is 8.78 Å². The Hall–Kier alpha value is -1.10. The lowest BCUT2D eigenvalue weighted by molar-refractivity contribution is 0.538. The molecule has 0 aliphatic heterocycles. The van der Waals surface area contributed by atoms with Crippen molar-refractivity contribution in [3.8, 4) is 0 Å². The van der Waals surface area contributed by atoms with Gasteiger partial charge in [-0.05, 0) is 30.3 Å². The van der Waals surface area contributed by atoms with Crippen LogP contribution < -0.4 is 5.73 Å². The number of halogens is 3. The molecule has 0 spiro atoms. The van der Waals surface area contributed by atoms with Gasteiger partial charge in [-0.2, -0.15) is 0 Å². The van der Waals surface area contributed by atoms with Crippen molar-refractivity contribution in [3.05, 3.63) is 64.7 Å². The SMILES string of the molecule is NC(CSc1cccc(Cl)c1)c1c(F)cccc1F. The molecule has 0 saturated carbocycles. The van der Waals surface area contributed by atoms with Crippen LogP contribution in [0.4, 0.5) is 8.78 Å². The molecule has 0 amide bonds. The maximum atomic E-state index is 13.5. The summed E-state index contributed by atoms with van der Waals surface area (Å²) in [5.41, 5.74) is 5.78. The van der Waals surface area contributed by atoms with Gasteiger partial charge in [-0.1, -0.05) is 23.7 Å². The van der Waals surface area contributed by atoms with Gasteiger partial charge in [0.1, 0.15) is 11.6 Å². The van der Waals surface area contributed by atoms with E-state index < -0.39 is 17.7 Å². The first-order chi connectivity index (χ1) is 9.08.